The van der Waals surface area contributed by atoms with Gasteiger partial charge < -0.3 is 15.2 Å². The predicted molar refractivity (Wildman–Crippen MR) is 83.8 cm³/mol. The molecule has 0 spiro atoms. The van der Waals surface area contributed by atoms with E-state index in [1.54, 1.807) is 0 Å². The number of ether oxygens (including phenoxy) is 1. The van der Waals surface area contributed by atoms with Crippen molar-refractivity contribution < 1.29 is 9.84 Å². The number of rotatable bonds is 10. The molecule has 0 bridgehead atoms. The van der Waals surface area contributed by atoms with Crippen molar-refractivity contribution in [3.05, 3.63) is 35.4 Å². The van der Waals surface area contributed by atoms with Crippen molar-refractivity contribution in [2.75, 3.05) is 19.8 Å². The lowest BCUT2D eigenvalue weighted by atomic mass is 10.1. The Morgan fingerprint density at radius 2 is 1.90 bits per heavy atom. The standard InChI is InChI=1S/C17H29NO2/c1-14(2)5-4-10-20-13-17(19)12-18-11-16-8-6-15(3)7-9-16/h6-9,14,17-19H,4-5,10-13H2,1-3H3. The number of aliphatic hydroxyl groups excluding tert-OH is 1. The van der Waals surface area contributed by atoms with Crippen LogP contribution in [0.2, 0.25) is 0 Å². The maximum atomic E-state index is 9.79. The molecule has 0 aromatic heterocycles. The second kappa shape index (κ2) is 9.92. The molecule has 114 valence electrons. The SMILES string of the molecule is Cc1ccc(CNCC(O)COCCCC(C)C)cc1. The highest BCUT2D eigenvalue weighted by atomic mass is 16.5. The zero-order chi connectivity index (χ0) is 14.8. The lowest BCUT2D eigenvalue weighted by Crippen LogP contribution is -2.30. The average Bonchev–Trinajstić information content (AvgIpc) is 2.40. The van der Waals surface area contributed by atoms with Gasteiger partial charge in [0.05, 0.1) is 12.7 Å². The fourth-order valence-corrected chi connectivity index (χ4v) is 1.96. The van der Waals surface area contributed by atoms with E-state index in [2.05, 4.69) is 50.4 Å². The van der Waals surface area contributed by atoms with Gasteiger partial charge in [-0.1, -0.05) is 43.7 Å². The molecule has 2 N–H and O–H groups in total. The molecule has 1 unspecified atom stereocenters. The van der Waals surface area contributed by atoms with Crippen molar-refractivity contribution in [3.8, 4) is 0 Å². The Kier molecular flexibility index (Phi) is 8.51. The van der Waals surface area contributed by atoms with Crippen LogP contribution in [-0.2, 0) is 11.3 Å². The Morgan fingerprint density at radius 1 is 1.20 bits per heavy atom. The molecule has 1 atom stereocenters. The number of aliphatic hydroxyl groups is 1. The Morgan fingerprint density at radius 3 is 2.55 bits per heavy atom. The van der Waals surface area contributed by atoms with E-state index in [0.29, 0.717) is 13.2 Å². The summed E-state index contributed by atoms with van der Waals surface area (Å²) in [6.07, 6.45) is 1.82. The summed E-state index contributed by atoms with van der Waals surface area (Å²) in [5.41, 5.74) is 2.50. The normalized spacial score (nSPS) is 12.8. The topological polar surface area (TPSA) is 41.5 Å². The molecule has 1 aromatic rings. The van der Waals surface area contributed by atoms with Gasteiger partial charge in [-0.3, -0.25) is 0 Å². The first-order valence-electron chi connectivity index (χ1n) is 7.60. The third kappa shape index (κ3) is 8.31. The molecule has 3 nitrogen and oxygen atoms in total. The van der Waals surface area contributed by atoms with Crippen LogP contribution in [0.4, 0.5) is 0 Å². The molecule has 0 aliphatic heterocycles. The fraction of sp³-hybridized carbons (Fsp3) is 0.647. The van der Waals surface area contributed by atoms with Crippen LogP contribution in [0, 0.1) is 12.8 Å². The van der Waals surface area contributed by atoms with Crippen molar-refractivity contribution in [2.24, 2.45) is 5.92 Å². The molecular weight excluding hydrogens is 250 g/mol. The molecule has 0 saturated heterocycles. The van der Waals surface area contributed by atoms with Gasteiger partial charge in [0, 0.05) is 19.7 Å². The van der Waals surface area contributed by atoms with Crippen LogP contribution in [0.5, 0.6) is 0 Å². The maximum Gasteiger partial charge on any atom is 0.0897 e. The first kappa shape index (κ1) is 17.2. The number of aryl methyl sites for hydroxylation is 1. The van der Waals surface area contributed by atoms with Crippen molar-refractivity contribution in [2.45, 2.75) is 46.3 Å². The monoisotopic (exact) mass is 279 g/mol. The smallest absolute Gasteiger partial charge is 0.0897 e. The predicted octanol–water partition coefficient (Wildman–Crippen LogP) is 2.90. The first-order valence-corrected chi connectivity index (χ1v) is 7.60. The van der Waals surface area contributed by atoms with Crippen molar-refractivity contribution in [3.63, 3.8) is 0 Å². The third-order valence-corrected chi connectivity index (χ3v) is 3.21. The van der Waals surface area contributed by atoms with Gasteiger partial charge in [-0.25, -0.2) is 0 Å². The lowest BCUT2D eigenvalue weighted by molar-refractivity contribution is 0.0346. The van der Waals surface area contributed by atoms with Gasteiger partial charge in [0.2, 0.25) is 0 Å². The van der Waals surface area contributed by atoms with E-state index >= 15 is 0 Å². The van der Waals surface area contributed by atoms with Crippen LogP contribution in [0.1, 0.15) is 37.8 Å². The molecule has 1 rings (SSSR count). The fourth-order valence-electron chi connectivity index (χ4n) is 1.96. The Bertz CT molecular complexity index is 349. The van der Waals surface area contributed by atoms with E-state index in [1.165, 1.54) is 17.5 Å². The second-order valence-electron chi connectivity index (χ2n) is 5.88. The molecule has 0 amide bonds. The van der Waals surface area contributed by atoms with Gasteiger partial charge in [0.15, 0.2) is 0 Å². The molecule has 0 aliphatic rings. The molecule has 0 fully saturated rings. The summed E-state index contributed by atoms with van der Waals surface area (Å²) in [7, 11) is 0. The zero-order valence-corrected chi connectivity index (χ0v) is 13.1. The zero-order valence-electron chi connectivity index (χ0n) is 13.1. The van der Waals surface area contributed by atoms with Gasteiger partial charge in [0.1, 0.15) is 0 Å². The number of benzene rings is 1. The molecule has 0 aliphatic carbocycles. The Balaban J connectivity index is 2.02. The van der Waals surface area contributed by atoms with E-state index in [4.69, 9.17) is 4.74 Å². The van der Waals surface area contributed by atoms with E-state index in [1.807, 2.05) is 0 Å². The molecule has 0 radical (unpaired) electrons. The highest BCUT2D eigenvalue weighted by Gasteiger charge is 2.04. The van der Waals surface area contributed by atoms with E-state index < -0.39 is 6.10 Å². The second-order valence-corrected chi connectivity index (χ2v) is 5.88. The van der Waals surface area contributed by atoms with Crippen LogP contribution in [0.3, 0.4) is 0 Å². The van der Waals surface area contributed by atoms with Gasteiger partial charge >= 0.3 is 0 Å². The van der Waals surface area contributed by atoms with Gasteiger partial charge in [0.25, 0.3) is 0 Å². The summed E-state index contributed by atoms with van der Waals surface area (Å²) in [6.45, 7) is 9.01. The van der Waals surface area contributed by atoms with E-state index in [9.17, 15) is 5.11 Å². The van der Waals surface area contributed by atoms with E-state index in [-0.39, 0.29) is 0 Å². The van der Waals surface area contributed by atoms with Crippen molar-refractivity contribution in [1.82, 2.24) is 5.32 Å². The molecule has 1 aromatic carbocycles. The summed E-state index contributed by atoms with van der Waals surface area (Å²) in [4.78, 5) is 0. The van der Waals surface area contributed by atoms with Crippen LogP contribution in [0.15, 0.2) is 24.3 Å². The minimum atomic E-state index is -0.431. The molecule has 3 heteroatoms. The third-order valence-electron chi connectivity index (χ3n) is 3.21. The van der Waals surface area contributed by atoms with Crippen LogP contribution < -0.4 is 5.32 Å². The molecule has 0 saturated carbocycles. The summed E-state index contributed by atoms with van der Waals surface area (Å²) in [5, 5.41) is 13.0. The quantitative estimate of drug-likeness (QED) is 0.647. The summed E-state index contributed by atoms with van der Waals surface area (Å²) < 4.78 is 5.47. The average molecular weight is 279 g/mol. The highest BCUT2D eigenvalue weighted by molar-refractivity contribution is 5.21. The Hall–Kier alpha value is -0.900. The first-order chi connectivity index (χ1) is 9.58. The largest absolute Gasteiger partial charge is 0.389 e. The molecule has 0 heterocycles. The van der Waals surface area contributed by atoms with Crippen LogP contribution in [-0.4, -0.2) is 31.0 Å². The van der Waals surface area contributed by atoms with Crippen LogP contribution >= 0.6 is 0 Å². The van der Waals surface area contributed by atoms with Crippen molar-refractivity contribution >= 4 is 0 Å². The number of hydrogen-bond donors (Lipinski definition) is 2. The molecule has 20 heavy (non-hydrogen) atoms. The van der Waals surface area contributed by atoms with Gasteiger partial charge in [-0.2, -0.15) is 0 Å². The summed E-state index contributed by atoms with van der Waals surface area (Å²) in [5.74, 6) is 0.722. The number of hydrogen-bond acceptors (Lipinski definition) is 3. The van der Waals surface area contributed by atoms with E-state index in [0.717, 1.165) is 25.5 Å². The highest BCUT2D eigenvalue weighted by Crippen LogP contribution is 2.04. The molecular formula is C17H29NO2. The van der Waals surface area contributed by atoms with Crippen molar-refractivity contribution in [1.29, 1.82) is 0 Å². The lowest BCUT2D eigenvalue weighted by Gasteiger charge is -2.13. The summed E-state index contributed by atoms with van der Waals surface area (Å²) in [6, 6.07) is 8.42. The maximum absolute atomic E-state index is 9.79. The minimum Gasteiger partial charge on any atom is -0.389 e. The van der Waals surface area contributed by atoms with Gasteiger partial charge in [-0.15, -0.1) is 0 Å². The Labute approximate surface area is 123 Å². The summed E-state index contributed by atoms with van der Waals surface area (Å²) >= 11 is 0. The van der Waals surface area contributed by atoms with Crippen LogP contribution in [0.25, 0.3) is 0 Å². The minimum absolute atomic E-state index is 0.416. The van der Waals surface area contributed by atoms with Gasteiger partial charge in [-0.05, 0) is 31.2 Å². The number of nitrogens with one attached hydrogen (secondary N) is 1.